The van der Waals surface area contributed by atoms with Crippen molar-refractivity contribution in [2.75, 3.05) is 0 Å². The molecule has 4 N–H and O–H groups in total. The Morgan fingerprint density at radius 1 is 1.36 bits per heavy atom. The molecule has 0 saturated heterocycles. The second-order valence-corrected chi connectivity index (χ2v) is 2.89. The molecule has 0 amide bonds. The van der Waals surface area contributed by atoms with Gasteiger partial charge in [0.1, 0.15) is 0 Å². The number of quaternary nitrogens is 1. The summed E-state index contributed by atoms with van der Waals surface area (Å²) < 4.78 is 25.9. The van der Waals surface area contributed by atoms with Crippen LogP contribution in [0.3, 0.4) is 0 Å². The minimum Gasteiger partial charge on any atom is -0.477 e. The highest BCUT2D eigenvalue weighted by Crippen LogP contribution is 2.27. The molecule has 0 aliphatic rings. The van der Waals surface area contributed by atoms with E-state index in [2.05, 4.69) is 5.73 Å². The van der Waals surface area contributed by atoms with Gasteiger partial charge in [-0.2, -0.15) is 8.78 Å². The van der Waals surface area contributed by atoms with Gasteiger partial charge < -0.3 is 10.8 Å². The lowest BCUT2D eigenvalue weighted by Crippen LogP contribution is -2.63. The first-order chi connectivity index (χ1) is 6.46. The van der Waals surface area contributed by atoms with E-state index in [1.54, 1.807) is 18.2 Å². The summed E-state index contributed by atoms with van der Waals surface area (Å²) in [5.41, 5.74) is 3.38. The number of rotatable bonds is 3. The highest BCUT2D eigenvalue weighted by Gasteiger charge is 2.49. The minimum atomic E-state index is -3.83. The van der Waals surface area contributed by atoms with Gasteiger partial charge in [-0.1, -0.05) is 30.3 Å². The molecule has 0 radical (unpaired) electrons. The van der Waals surface area contributed by atoms with Crippen LogP contribution in [0.25, 0.3) is 0 Å². The molecule has 0 aliphatic carbocycles. The predicted octanol–water partition coefficient (Wildman–Crippen LogP) is 0.689. The fourth-order valence-electron chi connectivity index (χ4n) is 1.04. The lowest BCUT2D eigenvalue weighted by atomic mass is 10.0. The van der Waals surface area contributed by atoms with Gasteiger partial charge in [-0.3, -0.25) is 0 Å². The molecule has 1 unspecified atom stereocenters. The number of carbonyl (C=O) groups is 1. The Kier molecular flexibility index (Phi) is 2.81. The van der Waals surface area contributed by atoms with Gasteiger partial charge in [0.15, 0.2) is 6.04 Å². The smallest absolute Gasteiger partial charge is 0.396 e. The molecule has 1 atom stereocenters. The molecule has 1 rings (SSSR count). The molecule has 1 aromatic rings. The van der Waals surface area contributed by atoms with Gasteiger partial charge >= 0.3 is 11.9 Å². The average molecular weight is 202 g/mol. The summed E-state index contributed by atoms with van der Waals surface area (Å²) in [6.45, 7) is 0. The Hall–Kier alpha value is -1.49. The number of halogens is 2. The highest BCUT2D eigenvalue weighted by molar-refractivity contribution is 5.76. The molecule has 0 heterocycles. The van der Waals surface area contributed by atoms with Gasteiger partial charge in [-0.25, -0.2) is 4.79 Å². The van der Waals surface area contributed by atoms with Crippen molar-refractivity contribution in [3.8, 4) is 0 Å². The van der Waals surface area contributed by atoms with Crippen LogP contribution in [-0.4, -0.2) is 17.0 Å². The SMILES string of the molecule is [NH3+]C(c1ccccc1)C(F)(F)C(=O)O. The Morgan fingerprint density at radius 3 is 2.29 bits per heavy atom. The second kappa shape index (κ2) is 3.71. The number of carboxylic acid groups (broad SMARTS) is 1. The molecule has 0 aliphatic heterocycles. The quantitative estimate of drug-likeness (QED) is 0.757. The summed E-state index contributed by atoms with van der Waals surface area (Å²) in [7, 11) is 0. The lowest BCUT2D eigenvalue weighted by Gasteiger charge is -2.16. The fourth-order valence-corrected chi connectivity index (χ4v) is 1.04. The maximum Gasteiger partial charge on any atom is 0.396 e. The van der Waals surface area contributed by atoms with Gasteiger partial charge in [0.25, 0.3) is 0 Å². The fraction of sp³-hybridized carbons (Fsp3) is 0.222. The first-order valence-corrected chi connectivity index (χ1v) is 3.95. The summed E-state index contributed by atoms with van der Waals surface area (Å²) in [6, 6.07) is 6.07. The zero-order valence-electron chi connectivity index (χ0n) is 7.28. The summed E-state index contributed by atoms with van der Waals surface area (Å²) in [5, 5.41) is 8.28. The normalized spacial score (nSPS) is 13.6. The van der Waals surface area contributed by atoms with Crippen LogP contribution in [0.2, 0.25) is 0 Å². The second-order valence-electron chi connectivity index (χ2n) is 2.89. The molecule has 0 saturated carbocycles. The van der Waals surface area contributed by atoms with E-state index in [9.17, 15) is 13.6 Å². The van der Waals surface area contributed by atoms with E-state index in [1.807, 2.05) is 0 Å². The standard InChI is InChI=1S/C9H9F2NO2/c10-9(11,8(13)14)7(12)6-4-2-1-3-5-6/h1-5,7H,12H2,(H,13,14)/p+1. The zero-order chi connectivity index (χ0) is 10.8. The highest BCUT2D eigenvalue weighted by atomic mass is 19.3. The Morgan fingerprint density at radius 2 is 1.86 bits per heavy atom. The maximum atomic E-state index is 13.0. The molecule has 14 heavy (non-hydrogen) atoms. The van der Waals surface area contributed by atoms with Crippen LogP contribution in [0.5, 0.6) is 0 Å². The van der Waals surface area contributed by atoms with Crippen LogP contribution >= 0.6 is 0 Å². The van der Waals surface area contributed by atoms with E-state index >= 15 is 0 Å². The molecular formula is C9H10F2NO2+. The number of alkyl halides is 2. The topological polar surface area (TPSA) is 64.9 Å². The predicted molar refractivity (Wildman–Crippen MR) is 44.7 cm³/mol. The van der Waals surface area contributed by atoms with Crippen molar-refractivity contribution in [3.63, 3.8) is 0 Å². The molecule has 1 aromatic carbocycles. The zero-order valence-corrected chi connectivity index (χ0v) is 7.28. The molecule has 0 spiro atoms. The Balaban J connectivity index is 2.96. The third kappa shape index (κ3) is 1.88. The number of carboxylic acids is 1. The Labute approximate surface area is 79.2 Å². The van der Waals surface area contributed by atoms with Gasteiger partial charge in [-0.05, 0) is 0 Å². The van der Waals surface area contributed by atoms with E-state index in [0.717, 1.165) is 0 Å². The summed E-state index contributed by atoms with van der Waals surface area (Å²) in [4.78, 5) is 10.2. The summed E-state index contributed by atoms with van der Waals surface area (Å²) in [6.07, 6.45) is 0. The third-order valence-electron chi connectivity index (χ3n) is 1.92. The summed E-state index contributed by atoms with van der Waals surface area (Å²) >= 11 is 0. The van der Waals surface area contributed by atoms with Crippen LogP contribution in [0.1, 0.15) is 11.6 Å². The van der Waals surface area contributed by atoms with E-state index in [0.29, 0.717) is 0 Å². The molecule has 0 aromatic heterocycles. The van der Waals surface area contributed by atoms with E-state index in [1.165, 1.54) is 12.1 Å². The molecule has 76 valence electrons. The number of hydrogen-bond donors (Lipinski definition) is 2. The van der Waals surface area contributed by atoms with Crippen LogP contribution in [0, 0.1) is 0 Å². The molecule has 5 heteroatoms. The molecular weight excluding hydrogens is 192 g/mol. The monoisotopic (exact) mass is 202 g/mol. The van der Waals surface area contributed by atoms with E-state index in [4.69, 9.17) is 5.11 Å². The average Bonchev–Trinajstić information content (AvgIpc) is 2.17. The summed E-state index contributed by atoms with van der Waals surface area (Å²) in [5.74, 6) is -5.98. The third-order valence-corrected chi connectivity index (χ3v) is 1.92. The first-order valence-electron chi connectivity index (χ1n) is 3.95. The minimum absolute atomic E-state index is 0.208. The van der Waals surface area contributed by atoms with Crippen molar-refractivity contribution in [3.05, 3.63) is 35.9 Å². The number of aliphatic carboxylic acids is 1. The van der Waals surface area contributed by atoms with Crippen molar-refractivity contribution in [2.45, 2.75) is 12.0 Å². The first kappa shape index (κ1) is 10.6. The van der Waals surface area contributed by atoms with Gasteiger partial charge in [0, 0.05) is 5.56 Å². The van der Waals surface area contributed by atoms with Crippen LogP contribution in [0.15, 0.2) is 30.3 Å². The van der Waals surface area contributed by atoms with E-state index in [-0.39, 0.29) is 5.56 Å². The maximum absolute atomic E-state index is 13.0. The van der Waals surface area contributed by atoms with Crippen LogP contribution in [-0.2, 0) is 4.79 Å². The van der Waals surface area contributed by atoms with Crippen molar-refractivity contribution < 1.29 is 24.4 Å². The molecule has 3 nitrogen and oxygen atoms in total. The van der Waals surface area contributed by atoms with Crippen molar-refractivity contribution in [1.82, 2.24) is 0 Å². The van der Waals surface area contributed by atoms with Crippen molar-refractivity contribution in [1.29, 1.82) is 0 Å². The van der Waals surface area contributed by atoms with Crippen molar-refractivity contribution in [2.24, 2.45) is 0 Å². The van der Waals surface area contributed by atoms with Crippen molar-refractivity contribution >= 4 is 5.97 Å². The number of hydrogen-bond acceptors (Lipinski definition) is 1. The largest absolute Gasteiger partial charge is 0.477 e. The van der Waals surface area contributed by atoms with E-state index < -0.39 is 17.9 Å². The van der Waals surface area contributed by atoms with Gasteiger partial charge in [0.2, 0.25) is 0 Å². The lowest BCUT2D eigenvalue weighted by molar-refractivity contribution is -0.463. The van der Waals surface area contributed by atoms with Crippen LogP contribution < -0.4 is 5.73 Å². The number of benzene rings is 1. The van der Waals surface area contributed by atoms with Gasteiger partial charge in [0.05, 0.1) is 0 Å². The molecule has 0 fully saturated rings. The van der Waals surface area contributed by atoms with Crippen LogP contribution in [0.4, 0.5) is 8.78 Å². The van der Waals surface area contributed by atoms with Gasteiger partial charge in [-0.15, -0.1) is 0 Å². The molecule has 0 bridgehead atoms. The Bertz CT molecular complexity index is 327.